The lowest BCUT2D eigenvalue weighted by molar-refractivity contribution is -0.139. The lowest BCUT2D eigenvalue weighted by Gasteiger charge is -2.07. The molecule has 13 heavy (non-hydrogen) atoms. The second-order valence-corrected chi connectivity index (χ2v) is 2.82. The molecule has 0 saturated carbocycles. The van der Waals surface area contributed by atoms with Crippen LogP contribution in [0.3, 0.4) is 0 Å². The predicted octanol–water partition coefficient (Wildman–Crippen LogP) is -1.02. The summed E-state index contributed by atoms with van der Waals surface area (Å²) in [6, 6.07) is -1.86. The predicted molar refractivity (Wildman–Crippen MR) is 45.1 cm³/mol. The van der Waals surface area contributed by atoms with E-state index in [4.69, 9.17) is 21.7 Å². The normalized spacial score (nSPS) is 14.9. The van der Waals surface area contributed by atoms with Crippen molar-refractivity contribution in [3.63, 3.8) is 0 Å². The van der Waals surface area contributed by atoms with Crippen molar-refractivity contribution in [3.8, 4) is 0 Å². The second kappa shape index (κ2) is 5.50. The van der Waals surface area contributed by atoms with Crippen molar-refractivity contribution in [2.24, 2.45) is 11.5 Å². The molecule has 6 nitrogen and oxygen atoms in total. The summed E-state index contributed by atoms with van der Waals surface area (Å²) in [6.45, 7) is 0. The molecule has 0 aromatic heterocycles. The van der Waals surface area contributed by atoms with Gasteiger partial charge in [-0.25, -0.2) is 0 Å². The molecule has 0 aromatic rings. The molecule has 6 N–H and O–H groups in total. The van der Waals surface area contributed by atoms with E-state index < -0.39 is 24.0 Å². The highest BCUT2D eigenvalue weighted by molar-refractivity contribution is 5.73. The molecule has 0 fully saturated rings. The van der Waals surface area contributed by atoms with Gasteiger partial charge in [0.25, 0.3) is 0 Å². The fourth-order valence-corrected chi connectivity index (χ4v) is 0.805. The summed E-state index contributed by atoms with van der Waals surface area (Å²) in [5, 5.41) is 16.8. The van der Waals surface area contributed by atoms with Gasteiger partial charge in [-0.3, -0.25) is 9.59 Å². The molecule has 1 unspecified atom stereocenters. The number of rotatable bonds is 6. The van der Waals surface area contributed by atoms with Gasteiger partial charge in [-0.05, 0) is 19.3 Å². The number of carboxylic acid groups (broad SMARTS) is 2. The van der Waals surface area contributed by atoms with E-state index in [2.05, 4.69) is 0 Å². The van der Waals surface area contributed by atoms with Crippen molar-refractivity contribution in [2.75, 3.05) is 0 Å². The van der Waals surface area contributed by atoms with E-state index >= 15 is 0 Å². The lowest BCUT2D eigenvalue weighted by atomic mass is 10.1. The third kappa shape index (κ3) is 5.15. The van der Waals surface area contributed by atoms with Crippen LogP contribution in [-0.2, 0) is 9.59 Å². The minimum Gasteiger partial charge on any atom is -0.480 e. The van der Waals surface area contributed by atoms with Crippen LogP contribution < -0.4 is 11.5 Å². The summed E-state index contributed by atoms with van der Waals surface area (Å²) >= 11 is 0. The second-order valence-electron chi connectivity index (χ2n) is 2.82. The highest BCUT2D eigenvalue weighted by Gasteiger charge is 2.14. The molecule has 0 rings (SSSR count). The molecule has 0 aliphatic rings. The maximum Gasteiger partial charge on any atom is 0.320 e. The van der Waals surface area contributed by atoms with Crippen molar-refractivity contribution in [3.05, 3.63) is 0 Å². The molecule has 2 atom stereocenters. The number of hydrogen-bond donors (Lipinski definition) is 4. The summed E-state index contributed by atoms with van der Waals surface area (Å²) < 4.78 is 0. The topological polar surface area (TPSA) is 127 Å². The summed E-state index contributed by atoms with van der Waals surface area (Å²) in [4.78, 5) is 20.5. The third-order valence-corrected chi connectivity index (χ3v) is 1.66. The average Bonchev–Trinajstić information content (AvgIpc) is 2.03. The Bertz CT molecular complexity index is 175. The summed E-state index contributed by atoms with van der Waals surface area (Å²) in [5.41, 5.74) is 10.4. The van der Waals surface area contributed by atoms with Gasteiger partial charge in [-0.15, -0.1) is 0 Å². The Kier molecular flexibility index (Phi) is 5.01. The van der Waals surface area contributed by atoms with Crippen molar-refractivity contribution in [2.45, 2.75) is 31.3 Å². The molecular formula is C7H14N2O4. The van der Waals surface area contributed by atoms with Gasteiger partial charge in [0.1, 0.15) is 12.1 Å². The number of nitrogens with two attached hydrogens (primary N) is 2. The van der Waals surface area contributed by atoms with E-state index in [0.717, 1.165) is 0 Å². The summed E-state index contributed by atoms with van der Waals surface area (Å²) in [6.07, 6.45) is 0.896. The van der Waals surface area contributed by atoms with Crippen LogP contribution in [0.2, 0.25) is 0 Å². The molecule has 0 bridgehead atoms. The van der Waals surface area contributed by atoms with Gasteiger partial charge in [0, 0.05) is 0 Å². The first kappa shape index (κ1) is 11.9. The maximum atomic E-state index is 10.2. The molecule has 0 aliphatic heterocycles. The van der Waals surface area contributed by atoms with Crippen LogP contribution in [0.5, 0.6) is 0 Å². The van der Waals surface area contributed by atoms with Crippen LogP contribution in [0.1, 0.15) is 19.3 Å². The Morgan fingerprint density at radius 1 is 1.00 bits per heavy atom. The minimum absolute atomic E-state index is 0.246. The van der Waals surface area contributed by atoms with E-state index in [-0.39, 0.29) is 12.8 Å². The van der Waals surface area contributed by atoms with Gasteiger partial charge in [-0.2, -0.15) is 0 Å². The summed E-state index contributed by atoms with van der Waals surface area (Å²) in [7, 11) is 0. The van der Waals surface area contributed by atoms with Crippen LogP contribution in [0.4, 0.5) is 0 Å². The Morgan fingerprint density at radius 2 is 1.31 bits per heavy atom. The van der Waals surface area contributed by atoms with Crippen LogP contribution in [0.15, 0.2) is 0 Å². The zero-order valence-electron chi connectivity index (χ0n) is 7.14. The van der Waals surface area contributed by atoms with E-state index in [1.54, 1.807) is 0 Å². The van der Waals surface area contributed by atoms with Gasteiger partial charge in [0.05, 0.1) is 0 Å². The Hall–Kier alpha value is -1.14. The highest BCUT2D eigenvalue weighted by Crippen LogP contribution is 2.01. The van der Waals surface area contributed by atoms with E-state index in [9.17, 15) is 9.59 Å². The minimum atomic E-state index is -1.08. The monoisotopic (exact) mass is 190 g/mol. The zero-order valence-corrected chi connectivity index (χ0v) is 7.14. The van der Waals surface area contributed by atoms with E-state index in [0.29, 0.717) is 6.42 Å². The molecule has 0 amide bonds. The van der Waals surface area contributed by atoms with E-state index in [1.807, 2.05) is 0 Å². The van der Waals surface area contributed by atoms with Crippen LogP contribution in [0, 0.1) is 0 Å². The Morgan fingerprint density at radius 3 is 1.54 bits per heavy atom. The first-order chi connectivity index (χ1) is 5.95. The zero-order chi connectivity index (χ0) is 10.4. The maximum absolute atomic E-state index is 10.2. The lowest BCUT2D eigenvalue weighted by Crippen LogP contribution is -2.33. The Balaban J connectivity index is 3.56. The van der Waals surface area contributed by atoms with Crippen LogP contribution in [-0.4, -0.2) is 34.2 Å². The smallest absolute Gasteiger partial charge is 0.320 e. The largest absolute Gasteiger partial charge is 0.480 e. The van der Waals surface area contributed by atoms with Gasteiger partial charge < -0.3 is 21.7 Å². The molecule has 0 aliphatic carbocycles. The standard InChI is InChI=1S/C7H14N2O4/c8-4(6(10)11)2-1-3-5(9)7(12)13/h4-5H,1-3,8-9H2,(H,10,11)(H,12,13)/t4-,5?/m0/s1. The van der Waals surface area contributed by atoms with Crippen molar-refractivity contribution >= 4 is 11.9 Å². The van der Waals surface area contributed by atoms with Crippen molar-refractivity contribution in [1.29, 1.82) is 0 Å². The fourth-order valence-electron chi connectivity index (χ4n) is 0.805. The number of hydrogen-bond acceptors (Lipinski definition) is 4. The molecule has 0 saturated heterocycles. The van der Waals surface area contributed by atoms with Crippen molar-refractivity contribution < 1.29 is 19.8 Å². The van der Waals surface area contributed by atoms with Gasteiger partial charge in [-0.1, -0.05) is 0 Å². The molecular weight excluding hydrogens is 176 g/mol. The number of carbonyl (C=O) groups is 2. The molecule has 0 aromatic carbocycles. The number of aliphatic carboxylic acids is 2. The third-order valence-electron chi connectivity index (χ3n) is 1.66. The molecule has 6 heteroatoms. The molecule has 0 radical (unpaired) electrons. The SMILES string of the molecule is NC(CCC[C@H](N)C(=O)O)C(=O)O. The first-order valence-electron chi connectivity index (χ1n) is 3.92. The van der Waals surface area contributed by atoms with Crippen molar-refractivity contribution in [1.82, 2.24) is 0 Å². The van der Waals surface area contributed by atoms with Gasteiger partial charge in [0.15, 0.2) is 0 Å². The summed E-state index contributed by atoms with van der Waals surface area (Å²) in [5.74, 6) is -2.16. The van der Waals surface area contributed by atoms with Crippen LogP contribution in [0.25, 0.3) is 0 Å². The quantitative estimate of drug-likeness (QED) is 0.424. The van der Waals surface area contributed by atoms with Gasteiger partial charge >= 0.3 is 11.9 Å². The Labute approximate surface area is 75.5 Å². The van der Waals surface area contributed by atoms with E-state index in [1.165, 1.54) is 0 Å². The molecule has 76 valence electrons. The average molecular weight is 190 g/mol. The van der Waals surface area contributed by atoms with Gasteiger partial charge in [0.2, 0.25) is 0 Å². The fraction of sp³-hybridized carbons (Fsp3) is 0.714. The molecule has 0 spiro atoms. The first-order valence-corrected chi connectivity index (χ1v) is 3.92. The van der Waals surface area contributed by atoms with Crippen LogP contribution >= 0.6 is 0 Å². The highest BCUT2D eigenvalue weighted by atomic mass is 16.4. The molecule has 0 heterocycles. The number of carboxylic acids is 2.